The molecule has 0 bridgehead atoms. The third kappa shape index (κ3) is 4.12. The van der Waals surface area contributed by atoms with Crippen molar-refractivity contribution in [1.29, 1.82) is 0 Å². The molecule has 27 heavy (non-hydrogen) atoms. The number of nitrogens with zero attached hydrogens (tertiary/aromatic N) is 1. The number of benzene rings is 3. The Labute approximate surface area is 162 Å². The van der Waals surface area contributed by atoms with E-state index < -0.39 is 7.92 Å². The zero-order chi connectivity index (χ0) is 18.5. The maximum Gasteiger partial charge on any atom is 0.184 e. The van der Waals surface area contributed by atoms with E-state index in [1.54, 1.807) is 0 Å². The van der Waals surface area contributed by atoms with E-state index in [4.69, 9.17) is 9.73 Å². The van der Waals surface area contributed by atoms with E-state index in [1.807, 2.05) is 0 Å². The van der Waals surface area contributed by atoms with Crippen molar-refractivity contribution in [1.82, 2.24) is 0 Å². The molecule has 1 heterocycles. The Morgan fingerprint density at radius 1 is 0.778 bits per heavy atom. The summed E-state index contributed by atoms with van der Waals surface area (Å²) < 4.78 is 6.24. The van der Waals surface area contributed by atoms with Gasteiger partial charge in [-0.15, -0.1) is 0 Å². The second kappa shape index (κ2) is 8.50. The molecule has 0 N–H and O–H groups in total. The number of hydrogen-bond donors (Lipinski definition) is 0. The highest BCUT2D eigenvalue weighted by Gasteiger charge is 2.34. The van der Waals surface area contributed by atoms with Crippen LogP contribution in [0.1, 0.15) is 25.0 Å². The summed E-state index contributed by atoms with van der Waals surface area (Å²) in [5.41, 5.74) is 1.21. The summed E-state index contributed by atoms with van der Waals surface area (Å²) in [5.74, 6) is 0.880. The molecule has 2 nitrogen and oxygen atoms in total. The highest BCUT2D eigenvalue weighted by Crippen LogP contribution is 2.41. The zero-order valence-electron chi connectivity index (χ0n) is 15.5. The van der Waals surface area contributed by atoms with Gasteiger partial charge in [0.2, 0.25) is 0 Å². The molecule has 4 rings (SSSR count). The molecular formula is C24H24NOP. The summed E-state index contributed by atoms with van der Waals surface area (Å²) in [6, 6.07) is 32.3. The molecule has 3 heteroatoms. The predicted octanol–water partition coefficient (Wildman–Crippen LogP) is 5.07. The van der Waals surface area contributed by atoms with Gasteiger partial charge in [0, 0.05) is 12.6 Å². The molecule has 136 valence electrons. The maximum absolute atomic E-state index is 6.24. The van der Waals surface area contributed by atoms with Crippen molar-refractivity contribution in [3.05, 3.63) is 96.6 Å². The molecule has 0 unspecified atom stereocenters. The van der Waals surface area contributed by atoms with Gasteiger partial charge in [0.05, 0.1) is 6.04 Å². The maximum atomic E-state index is 6.24. The lowest BCUT2D eigenvalue weighted by Crippen LogP contribution is -2.24. The molecule has 3 aromatic rings. The van der Waals surface area contributed by atoms with Gasteiger partial charge in [-0.1, -0.05) is 97.9 Å². The number of rotatable bonds is 6. The predicted molar refractivity (Wildman–Crippen MR) is 116 cm³/mol. The van der Waals surface area contributed by atoms with Gasteiger partial charge < -0.3 is 4.74 Å². The number of aliphatic imine (C=N–C) groups is 1. The zero-order valence-corrected chi connectivity index (χ0v) is 16.4. The molecule has 0 saturated carbocycles. The van der Waals surface area contributed by atoms with Gasteiger partial charge in [-0.25, -0.2) is 4.99 Å². The SMILES string of the molecule is CCC1=N[C@@H](CP(c2ccccc2)c2ccccc2)[C@H](c2ccccc2)O1. The molecule has 0 aliphatic carbocycles. The van der Waals surface area contributed by atoms with E-state index in [1.165, 1.54) is 16.2 Å². The van der Waals surface area contributed by atoms with Crippen molar-refractivity contribution in [2.24, 2.45) is 4.99 Å². The van der Waals surface area contributed by atoms with E-state index in [9.17, 15) is 0 Å². The van der Waals surface area contributed by atoms with Crippen LogP contribution >= 0.6 is 7.92 Å². The van der Waals surface area contributed by atoms with Crippen LogP contribution in [-0.4, -0.2) is 18.1 Å². The fourth-order valence-corrected chi connectivity index (χ4v) is 5.95. The second-order valence-electron chi connectivity index (χ2n) is 6.67. The summed E-state index contributed by atoms with van der Waals surface area (Å²) >= 11 is 0. The lowest BCUT2D eigenvalue weighted by atomic mass is 10.0. The first-order chi connectivity index (χ1) is 13.3. The largest absolute Gasteiger partial charge is 0.471 e. The fourth-order valence-electron chi connectivity index (χ4n) is 3.52. The van der Waals surface area contributed by atoms with Crippen molar-refractivity contribution in [3.63, 3.8) is 0 Å². The Morgan fingerprint density at radius 3 is 1.81 bits per heavy atom. The quantitative estimate of drug-likeness (QED) is 0.553. The van der Waals surface area contributed by atoms with Crippen molar-refractivity contribution < 1.29 is 4.74 Å². The van der Waals surface area contributed by atoms with Crippen LogP contribution in [0.15, 0.2) is 96.0 Å². The van der Waals surface area contributed by atoms with Gasteiger partial charge in [0.15, 0.2) is 5.90 Å². The van der Waals surface area contributed by atoms with Gasteiger partial charge in [-0.2, -0.15) is 0 Å². The van der Waals surface area contributed by atoms with Gasteiger partial charge in [0.1, 0.15) is 6.10 Å². The topological polar surface area (TPSA) is 21.6 Å². The third-order valence-electron chi connectivity index (χ3n) is 4.86. The van der Waals surface area contributed by atoms with Gasteiger partial charge in [-0.3, -0.25) is 0 Å². The van der Waals surface area contributed by atoms with Gasteiger partial charge in [-0.05, 0) is 24.1 Å². The molecule has 0 saturated heterocycles. The minimum atomic E-state index is -0.490. The highest BCUT2D eigenvalue weighted by atomic mass is 31.1. The monoisotopic (exact) mass is 373 g/mol. The first kappa shape index (κ1) is 17.9. The molecule has 3 aromatic carbocycles. The first-order valence-corrected chi connectivity index (χ1v) is 11.0. The van der Waals surface area contributed by atoms with Crippen molar-refractivity contribution in [3.8, 4) is 0 Å². The van der Waals surface area contributed by atoms with Crippen LogP contribution in [0.2, 0.25) is 0 Å². The molecule has 0 radical (unpaired) electrons. The third-order valence-corrected chi connectivity index (χ3v) is 7.44. The Bertz CT molecular complexity index is 841. The lowest BCUT2D eigenvalue weighted by Gasteiger charge is -2.24. The van der Waals surface area contributed by atoms with Gasteiger partial charge >= 0.3 is 0 Å². The first-order valence-electron chi connectivity index (χ1n) is 9.51. The van der Waals surface area contributed by atoms with Crippen molar-refractivity contribution in [2.75, 3.05) is 6.16 Å². The molecule has 2 atom stereocenters. The van der Waals surface area contributed by atoms with Crippen LogP contribution in [0.25, 0.3) is 0 Å². The second-order valence-corrected chi connectivity index (χ2v) is 8.93. The fraction of sp³-hybridized carbons (Fsp3) is 0.208. The van der Waals surface area contributed by atoms with Crippen molar-refractivity contribution >= 4 is 24.4 Å². The molecule has 0 spiro atoms. The molecule has 0 aromatic heterocycles. The number of ether oxygens (including phenoxy) is 1. The highest BCUT2D eigenvalue weighted by molar-refractivity contribution is 7.73. The average Bonchev–Trinajstić information content (AvgIpc) is 3.17. The molecule has 0 fully saturated rings. The smallest absolute Gasteiger partial charge is 0.184 e. The standard InChI is InChI=1S/C24H24NOP/c1-2-23-25-22(24(26-23)19-12-6-3-7-13-19)18-27(20-14-8-4-9-15-20)21-16-10-5-11-17-21/h3-17,22,24H,2,18H2,1H3/t22-,24-/m0/s1. The van der Waals surface area contributed by atoms with Crippen LogP contribution in [-0.2, 0) is 4.74 Å². The summed E-state index contributed by atoms with van der Waals surface area (Å²) in [6.07, 6.45) is 1.85. The Kier molecular flexibility index (Phi) is 5.65. The van der Waals surface area contributed by atoms with Crippen LogP contribution in [0.4, 0.5) is 0 Å². The lowest BCUT2D eigenvalue weighted by molar-refractivity contribution is 0.199. The average molecular weight is 373 g/mol. The minimum absolute atomic E-state index is 0.0126. The van der Waals surface area contributed by atoms with Gasteiger partial charge in [0.25, 0.3) is 0 Å². The van der Waals surface area contributed by atoms with Crippen LogP contribution in [0.5, 0.6) is 0 Å². The van der Waals surface area contributed by atoms with E-state index in [-0.39, 0.29) is 12.1 Å². The minimum Gasteiger partial charge on any atom is -0.471 e. The number of hydrogen-bond acceptors (Lipinski definition) is 2. The normalized spacial score (nSPS) is 19.0. The molecule has 0 amide bonds. The Balaban J connectivity index is 1.67. The molecule has 1 aliphatic heterocycles. The van der Waals surface area contributed by atoms with Crippen LogP contribution < -0.4 is 10.6 Å². The molecule has 1 aliphatic rings. The van der Waals surface area contributed by atoms with Crippen LogP contribution in [0.3, 0.4) is 0 Å². The van der Waals surface area contributed by atoms with E-state index >= 15 is 0 Å². The van der Waals surface area contributed by atoms with E-state index in [0.717, 1.165) is 18.5 Å². The van der Waals surface area contributed by atoms with E-state index in [0.29, 0.717) is 0 Å². The van der Waals surface area contributed by atoms with Crippen molar-refractivity contribution in [2.45, 2.75) is 25.5 Å². The Hall–Kier alpha value is -2.44. The van der Waals surface area contributed by atoms with Crippen LogP contribution in [0, 0.1) is 0 Å². The van der Waals surface area contributed by atoms with E-state index in [2.05, 4.69) is 97.9 Å². The summed E-state index contributed by atoms with van der Waals surface area (Å²) in [6.45, 7) is 2.11. The summed E-state index contributed by atoms with van der Waals surface area (Å²) in [7, 11) is -0.490. The Morgan fingerprint density at radius 2 is 1.30 bits per heavy atom. The summed E-state index contributed by atoms with van der Waals surface area (Å²) in [4.78, 5) is 4.97. The summed E-state index contributed by atoms with van der Waals surface area (Å²) in [5, 5.41) is 2.79. The molecular weight excluding hydrogens is 349 g/mol.